The number of aromatic nitrogens is 2. The monoisotopic (exact) mass is 463 g/mol. The number of benzene rings is 2. The Hall–Kier alpha value is -2.70. The first-order valence-corrected chi connectivity index (χ1v) is 12.7. The molecular formula is C28H37N3O3. The summed E-state index contributed by atoms with van der Waals surface area (Å²) in [7, 11) is 0. The van der Waals surface area contributed by atoms with Crippen molar-refractivity contribution in [2.24, 2.45) is 0 Å². The fourth-order valence-corrected chi connectivity index (χ4v) is 5.11. The van der Waals surface area contributed by atoms with Crippen molar-refractivity contribution in [2.45, 2.75) is 57.9 Å². The first-order chi connectivity index (χ1) is 16.6. The maximum absolute atomic E-state index is 11.4. The highest BCUT2D eigenvalue weighted by atomic mass is 16.5. The lowest BCUT2D eigenvalue weighted by atomic mass is 9.94. The maximum Gasteiger partial charge on any atom is 0.310 e. The molecule has 1 aliphatic rings. The van der Waals surface area contributed by atoms with Crippen LogP contribution >= 0.6 is 0 Å². The van der Waals surface area contributed by atoms with Crippen LogP contribution in [0.2, 0.25) is 0 Å². The number of hydrogen-bond donors (Lipinski definition) is 1. The Balaban J connectivity index is 1.33. The molecule has 182 valence electrons. The standard InChI is InChI=1S/C28H37N3O3/c1-3-24(28(32)33)22-11-9-21(10-12-22)13-16-30-17-14-23(15-18-30)27-29-25-7-5-6-8-26(25)31(27)19-20-34-4-2/h5-12,23-24H,3-4,13-20H2,1-2H3,(H,32,33). The Labute approximate surface area is 202 Å². The zero-order valence-electron chi connectivity index (χ0n) is 20.4. The molecule has 1 saturated heterocycles. The number of likely N-dealkylation sites (tertiary alicyclic amines) is 1. The summed E-state index contributed by atoms with van der Waals surface area (Å²) in [6.45, 7) is 9.44. The minimum Gasteiger partial charge on any atom is -0.481 e. The number of carboxylic acids is 1. The molecule has 0 spiro atoms. The number of hydrogen-bond acceptors (Lipinski definition) is 4. The summed E-state index contributed by atoms with van der Waals surface area (Å²) in [6, 6.07) is 16.6. The normalized spacial score (nSPS) is 16.2. The number of carbonyl (C=O) groups is 1. The van der Waals surface area contributed by atoms with Gasteiger partial charge in [-0.15, -0.1) is 0 Å². The predicted octanol–water partition coefficient (Wildman–Crippen LogP) is 5.07. The average Bonchev–Trinajstić information content (AvgIpc) is 3.23. The first-order valence-electron chi connectivity index (χ1n) is 12.7. The van der Waals surface area contributed by atoms with Gasteiger partial charge in [-0.1, -0.05) is 43.3 Å². The third-order valence-electron chi connectivity index (χ3n) is 7.11. The number of nitrogens with zero attached hydrogens (tertiary/aromatic N) is 3. The van der Waals surface area contributed by atoms with E-state index in [2.05, 4.69) is 45.9 Å². The minimum atomic E-state index is -0.746. The summed E-state index contributed by atoms with van der Waals surface area (Å²) in [5, 5.41) is 9.37. The van der Waals surface area contributed by atoms with Gasteiger partial charge in [-0.2, -0.15) is 0 Å². The molecule has 0 amide bonds. The van der Waals surface area contributed by atoms with Crippen LogP contribution in [0.1, 0.15) is 61.9 Å². The van der Waals surface area contributed by atoms with Crippen LogP contribution in [0.25, 0.3) is 11.0 Å². The Bertz CT molecular complexity index is 1070. The van der Waals surface area contributed by atoms with Gasteiger partial charge in [0.15, 0.2) is 0 Å². The fraction of sp³-hybridized carbons (Fsp3) is 0.500. The van der Waals surface area contributed by atoms with Gasteiger partial charge in [-0.25, -0.2) is 4.98 Å². The van der Waals surface area contributed by atoms with Crippen molar-refractivity contribution in [3.05, 3.63) is 65.5 Å². The average molecular weight is 464 g/mol. The van der Waals surface area contributed by atoms with Gasteiger partial charge in [0, 0.05) is 25.6 Å². The van der Waals surface area contributed by atoms with Crippen LogP contribution in [-0.4, -0.2) is 58.4 Å². The lowest BCUT2D eigenvalue weighted by Crippen LogP contribution is -2.35. The summed E-state index contributed by atoms with van der Waals surface area (Å²) in [5.74, 6) is 0.530. The van der Waals surface area contributed by atoms with Crippen LogP contribution in [0.3, 0.4) is 0 Å². The molecule has 34 heavy (non-hydrogen) atoms. The van der Waals surface area contributed by atoms with Crippen LogP contribution in [0, 0.1) is 0 Å². The van der Waals surface area contributed by atoms with Gasteiger partial charge in [-0.3, -0.25) is 4.79 Å². The number of rotatable bonds is 11. The van der Waals surface area contributed by atoms with Crippen molar-refractivity contribution >= 4 is 17.0 Å². The number of carboxylic acid groups (broad SMARTS) is 1. The van der Waals surface area contributed by atoms with E-state index >= 15 is 0 Å². The number of fused-ring (bicyclic) bond motifs is 1. The zero-order chi connectivity index (χ0) is 23.9. The third-order valence-corrected chi connectivity index (χ3v) is 7.11. The van der Waals surface area contributed by atoms with E-state index in [0.717, 1.165) is 63.1 Å². The molecule has 1 atom stereocenters. The lowest BCUT2D eigenvalue weighted by molar-refractivity contribution is -0.138. The van der Waals surface area contributed by atoms with E-state index in [4.69, 9.17) is 9.72 Å². The maximum atomic E-state index is 11.4. The van der Waals surface area contributed by atoms with Crippen molar-refractivity contribution in [1.82, 2.24) is 14.5 Å². The molecule has 6 heteroatoms. The number of aliphatic carboxylic acids is 1. The van der Waals surface area contributed by atoms with Gasteiger partial charge < -0.3 is 19.3 Å². The first kappa shape index (κ1) is 24.4. The molecule has 3 aromatic rings. The van der Waals surface area contributed by atoms with Gasteiger partial charge >= 0.3 is 5.97 Å². The molecule has 1 unspecified atom stereocenters. The second kappa shape index (κ2) is 11.6. The lowest BCUT2D eigenvalue weighted by Gasteiger charge is -2.32. The van der Waals surface area contributed by atoms with Crippen molar-refractivity contribution in [2.75, 3.05) is 32.8 Å². The molecule has 1 N–H and O–H groups in total. The number of imidazole rings is 1. The van der Waals surface area contributed by atoms with E-state index in [1.165, 1.54) is 16.9 Å². The largest absolute Gasteiger partial charge is 0.481 e. The fourth-order valence-electron chi connectivity index (χ4n) is 5.11. The van der Waals surface area contributed by atoms with E-state index in [-0.39, 0.29) is 0 Å². The van der Waals surface area contributed by atoms with Crippen molar-refractivity contribution in [3.8, 4) is 0 Å². The molecule has 2 heterocycles. The van der Waals surface area contributed by atoms with Gasteiger partial charge in [-0.05, 0) is 69.0 Å². The van der Waals surface area contributed by atoms with Crippen LogP contribution in [-0.2, 0) is 22.5 Å². The Morgan fingerprint density at radius 1 is 1.09 bits per heavy atom. The molecular weight excluding hydrogens is 426 g/mol. The summed E-state index contributed by atoms with van der Waals surface area (Å²) in [5.41, 5.74) is 4.44. The Morgan fingerprint density at radius 2 is 1.82 bits per heavy atom. The van der Waals surface area contributed by atoms with Crippen LogP contribution < -0.4 is 0 Å². The highest BCUT2D eigenvalue weighted by Gasteiger charge is 2.25. The zero-order valence-corrected chi connectivity index (χ0v) is 20.4. The van der Waals surface area contributed by atoms with Gasteiger partial charge in [0.2, 0.25) is 0 Å². The number of ether oxygens (including phenoxy) is 1. The topological polar surface area (TPSA) is 67.6 Å². The Morgan fingerprint density at radius 3 is 2.50 bits per heavy atom. The van der Waals surface area contributed by atoms with Crippen LogP contribution in [0.4, 0.5) is 0 Å². The second-order valence-corrected chi connectivity index (χ2v) is 9.21. The highest BCUT2D eigenvalue weighted by Crippen LogP contribution is 2.30. The molecule has 0 aliphatic carbocycles. The van der Waals surface area contributed by atoms with Gasteiger partial charge in [0.1, 0.15) is 5.82 Å². The molecule has 2 aromatic carbocycles. The van der Waals surface area contributed by atoms with Gasteiger partial charge in [0.05, 0.1) is 23.6 Å². The predicted molar refractivity (Wildman–Crippen MR) is 135 cm³/mol. The van der Waals surface area contributed by atoms with E-state index in [1.807, 2.05) is 26.0 Å². The molecule has 0 radical (unpaired) electrons. The highest BCUT2D eigenvalue weighted by molar-refractivity contribution is 5.76. The molecule has 0 saturated carbocycles. The van der Waals surface area contributed by atoms with Crippen molar-refractivity contribution in [3.63, 3.8) is 0 Å². The van der Waals surface area contributed by atoms with Crippen LogP contribution in [0.5, 0.6) is 0 Å². The smallest absolute Gasteiger partial charge is 0.310 e. The molecule has 0 bridgehead atoms. The van der Waals surface area contributed by atoms with E-state index in [9.17, 15) is 9.90 Å². The molecule has 1 aliphatic heterocycles. The summed E-state index contributed by atoms with van der Waals surface area (Å²) < 4.78 is 8.01. The third kappa shape index (κ3) is 5.68. The van der Waals surface area contributed by atoms with Gasteiger partial charge in [0.25, 0.3) is 0 Å². The summed E-state index contributed by atoms with van der Waals surface area (Å²) >= 11 is 0. The van der Waals surface area contributed by atoms with E-state index < -0.39 is 11.9 Å². The number of piperidine rings is 1. The number of para-hydroxylation sites is 2. The summed E-state index contributed by atoms with van der Waals surface area (Å²) in [6.07, 6.45) is 3.84. The molecule has 1 fully saturated rings. The molecule has 6 nitrogen and oxygen atoms in total. The molecule has 4 rings (SSSR count). The minimum absolute atomic E-state index is 0.411. The SMILES string of the molecule is CCOCCn1c(C2CCN(CCc3ccc(C(CC)C(=O)O)cc3)CC2)nc2ccccc21. The van der Waals surface area contributed by atoms with Crippen molar-refractivity contribution < 1.29 is 14.6 Å². The van der Waals surface area contributed by atoms with Crippen LogP contribution in [0.15, 0.2) is 48.5 Å². The van der Waals surface area contributed by atoms with E-state index in [0.29, 0.717) is 18.9 Å². The van der Waals surface area contributed by atoms with Crippen molar-refractivity contribution in [1.29, 1.82) is 0 Å². The Kier molecular flexibility index (Phi) is 8.35. The molecule has 1 aromatic heterocycles. The second-order valence-electron chi connectivity index (χ2n) is 9.21. The van der Waals surface area contributed by atoms with E-state index in [1.54, 1.807) is 0 Å². The summed E-state index contributed by atoms with van der Waals surface area (Å²) in [4.78, 5) is 19.0. The quantitative estimate of drug-likeness (QED) is 0.402.